The lowest BCUT2D eigenvalue weighted by atomic mass is 10.1. The average Bonchev–Trinajstić information content (AvgIpc) is 2.16. The lowest BCUT2D eigenvalue weighted by Gasteiger charge is -2.27. The van der Waals surface area contributed by atoms with Gasteiger partial charge in [0.25, 0.3) is 0 Å². The first-order chi connectivity index (χ1) is 6.22. The molecule has 13 heavy (non-hydrogen) atoms. The van der Waals surface area contributed by atoms with Gasteiger partial charge in [-0.2, -0.15) is 11.8 Å². The van der Waals surface area contributed by atoms with Crippen LogP contribution in [0, 0.1) is 0 Å². The van der Waals surface area contributed by atoms with Crippen LogP contribution in [0.5, 0.6) is 0 Å². The van der Waals surface area contributed by atoms with Gasteiger partial charge in [0.1, 0.15) is 6.67 Å². The summed E-state index contributed by atoms with van der Waals surface area (Å²) in [5.74, 6) is 1.08. The van der Waals surface area contributed by atoms with Crippen LogP contribution in [0.25, 0.3) is 0 Å². The number of thioether (sulfide) groups is 1. The molecule has 1 rings (SSSR count). The van der Waals surface area contributed by atoms with Crippen LogP contribution < -0.4 is 5.32 Å². The Kier molecular flexibility index (Phi) is 5.06. The van der Waals surface area contributed by atoms with Crippen LogP contribution in [0.3, 0.4) is 0 Å². The normalized spacial score (nSPS) is 31.6. The van der Waals surface area contributed by atoms with Gasteiger partial charge < -0.3 is 10.4 Å². The molecule has 0 radical (unpaired) electrons. The number of hydrogen-bond acceptors (Lipinski definition) is 3. The lowest BCUT2D eigenvalue weighted by molar-refractivity contribution is 0.134. The zero-order valence-corrected chi connectivity index (χ0v) is 8.82. The van der Waals surface area contributed by atoms with E-state index in [1.807, 2.05) is 11.8 Å². The third-order valence-electron chi connectivity index (χ3n) is 2.32. The Morgan fingerprint density at radius 1 is 1.62 bits per heavy atom. The van der Waals surface area contributed by atoms with Gasteiger partial charge in [-0.15, -0.1) is 0 Å². The van der Waals surface area contributed by atoms with Gasteiger partial charge in [-0.05, 0) is 12.8 Å². The van der Waals surface area contributed by atoms with Gasteiger partial charge >= 0.3 is 0 Å². The van der Waals surface area contributed by atoms with Gasteiger partial charge in [0.05, 0.1) is 6.10 Å². The summed E-state index contributed by atoms with van der Waals surface area (Å²) in [4.78, 5) is 0. The smallest absolute Gasteiger partial charge is 0.117 e. The number of aliphatic hydroxyl groups is 1. The quantitative estimate of drug-likeness (QED) is 0.726. The highest BCUT2D eigenvalue weighted by atomic mass is 32.2. The van der Waals surface area contributed by atoms with Crippen molar-refractivity contribution in [3.63, 3.8) is 0 Å². The van der Waals surface area contributed by atoms with Crippen molar-refractivity contribution in [1.82, 2.24) is 5.32 Å². The monoisotopic (exact) mass is 207 g/mol. The number of halogens is 1. The van der Waals surface area contributed by atoms with Gasteiger partial charge in [0.2, 0.25) is 0 Å². The first-order valence-electron chi connectivity index (χ1n) is 4.81. The minimum absolute atomic E-state index is 0.385. The summed E-state index contributed by atoms with van der Waals surface area (Å²) in [5, 5.41) is 12.9. The van der Waals surface area contributed by atoms with E-state index in [0.717, 1.165) is 17.4 Å². The van der Waals surface area contributed by atoms with Crippen LogP contribution >= 0.6 is 11.8 Å². The third-order valence-corrected chi connectivity index (χ3v) is 3.72. The highest BCUT2D eigenvalue weighted by molar-refractivity contribution is 7.99. The summed E-state index contributed by atoms with van der Waals surface area (Å²) in [5.41, 5.74) is 0. The summed E-state index contributed by atoms with van der Waals surface area (Å²) < 4.78 is 11.9. The van der Waals surface area contributed by atoms with E-state index < -0.39 is 12.8 Å². The molecule has 3 unspecified atom stereocenters. The maximum atomic E-state index is 11.9. The van der Waals surface area contributed by atoms with E-state index in [1.54, 1.807) is 0 Å². The topological polar surface area (TPSA) is 32.3 Å². The number of alkyl halides is 1. The molecule has 1 saturated heterocycles. The van der Waals surface area contributed by atoms with Crippen LogP contribution in [-0.2, 0) is 0 Å². The fraction of sp³-hybridized carbons (Fsp3) is 1.00. The Balaban J connectivity index is 2.08. The minimum Gasteiger partial charge on any atom is -0.389 e. The molecule has 1 aliphatic heterocycles. The van der Waals surface area contributed by atoms with Gasteiger partial charge in [-0.25, -0.2) is 4.39 Å². The Morgan fingerprint density at radius 3 is 2.92 bits per heavy atom. The van der Waals surface area contributed by atoms with Crippen molar-refractivity contribution in [1.29, 1.82) is 0 Å². The Hall–Kier alpha value is 0.200. The zero-order chi connectivity index (χ0) is 9.68. The molecule has 0 amide bonds. The largest absolute Gasteiger partial charge is 0.389 e. The first-order valence-corrected chi connectivity index (χ1v) is 5.86. The van der Waals surface area contributed by atoms with E-state index in [-0.39, 0.29) is 0 Å². The van der Waals surface area contributed by atoms with Crippen LogP contribution in [0.1, 0.15) is 19.8 Å². The number of aliphatic hydroxyl groups excluding tert-OH is 1. The summed E-state index contributed by atoms with van der Waals surface area (Å²) >= 11 is 1.95. The number of nitrogens with one attached hydrogen (secondary N) is 1. The van der Waals surface area contributed by atoms with Crippen molar-refractivity contribution in [3.8, 4) is 0 Å². The minimum atomic E-state index is -0.829. The highest BCUT2D eigenvalue weighted by Crippen LogP contribution is 2.24. The molecule has 2 N–H and O–H groups in total. The van der Waals surface area contributed by atoms with Crippen LogP contribution in [0.2, 0.25) is 0 Å². The molecule has 1 fully saturated rings. The molecule has 1 aliphatic rings. The molecule has 0 bridgehead atoms. The molecule has 1 heterocycles. The standard InChI is InChI=1S/C9H18FNOS/c1-7-2-3-8(6-13-7)11-5-9(12)4-10/h7-9,11-12H,2-6H2,1H3. The van der Waals surface area contributed by atoms with Gasteiger partial charge in [0, 0.05) is 23.6 Å². The molecule has 0 aromatic carbocycles. The third kappa shape index (κ3) is 4.29. The van der Waals surface area contributed by atoms with Crippen LogP contribution in [-0.4, -0.2) is 41.5 Å². The molecule has 4 heteroatoms. The Bertz CT molecular complexity index is 140. The molecule has 0 saturated carbocycles. The summed E-state index contributed by atoms with van der Waals surface area (Å²) in [7, 11) is 0. The zero-order valence-electron chi connectivity index (χ0n) is 8.00. The Morgan fingerprint density at radius 2 is 2.38 bits per heavy atom. The van der Waals surface area contributed by atoms with Crippen molar-refractivity contribution in [2.75, 3.05) is 19.0 Å². The second-order valence-corrected chi connectivity index (χ2v) is 5.11. The maximum absolute atomic E-state index is 11.9. The molecule has 2 nitrogen and oxygen atoms in total. The molecule has 0 aromatic heterocycles. The molecule has 78 valence electrons. The van der Waals surface area contributed by atoms with Crippen LogP contribution in [0.15, 0.2) is 0 Å². The van der Waals surface area contributed by atoms with E-state index in [9.17, 15) is 4.39 Å². The van der Waals surface area contributed by atoms with E-state index in [0.29, 0.717) is 12.6 Å². The second kappa shape index (κ2) is 5.83. The van der Waals surface area contributed by atoms with Crippen LogP contribution in [0.4, 0.5) is 4.39 Å². The molecular weight excluding hydrogens is 189 g/mol. The average molecular weight is 207 g/mol. The SMILES string of the molecule is CC1CCC(NCC(O)CF)CS1. The molecular formula is C9H18FNOS. The lowest BCUT2D eigenvalue weighted by Crippen LogP contribution is -2.40. The fourth-order valence-electron chi connectivity index (χ4n) is 1.40. The fourth-order valence-corrected chi connectivity index (χ4v) is 2.55. The van der Waals surface area contributed by atoms with Crippen molar-refractivity contribution in [2.24, 2.45) is 0 Å². The van der Waals surface area contributed by atoms with E-state index >= 15 is 0 Å². The van der Waals surface area contributed by atoms with Gasteiger partial charge in [0.15, 0.2) is 0 Å². The van der Waals surface area contributed by atoms with Crippen molar-refractivity contribution in [2.45, 2.75) is 37.2 Å². The molecule has 0 aromatic rings. The summed E-state index contributed by atoms with van der Waals surface area (Å²) in [6, 6.07) is 0.461. The second-order valence-electron chi connectivity index (χ2n) is 3.63. The van der Waals surface area contributed by atoms with E-state index in [4.69, 9.17) is 5.11 Å². The van der Waals surface area contributed by atoms with E-state index in [1.165, 1.54) is 6.42 Å². The van der Waals surface area contributed by atoms with E-state index in [2.05, 4.69) is 12.2 Å². The van der Waals surface area contributed by atoms with Gasteiger partial charge in [-0.1, -0.05) is 6.92 Å². The van der Waals surface area contributed by atoms with Crippen molar-refractivity contribution < 1.29 is 9.50 Å². The predicted molar refractivity (Wildman–Crippen MR) is 54.9 cm³/mol. The van der Waals surface area contributed by atoms with Gasteiger partial charge in [-0.3, -0.25) is 0 Å². The van der Waals surface area contributed by atoms with Crippen molar-refractivity contribution >= 4 is 11.8 Å². The molecule has 3 atom stereocenters. The summed E-state index contributed by atoms with van der Waals surface area (Å²) in [6.07, 6.45) is 1.53. The molecule has 0 spiro atoms. The van der Waals surface area contributed by atoms with Crippen molar-refractivity contribution in [3.05, 3.63) is 0 Å². The predicted octanol–water partition coefficient (Wildman–Crippen LogP) is 1.19. The number of hydrogen-bond donors (Lipinski definition) is 2. The maximum Gasteiger partial charge on any atom is 0.117 e. The molecule has 0 aliphatic carbocycles. The highest BCUT2D eigenvalue weighted by Gasteiger charge is 2.18. The summed E-state index contributed by atoms with van der Waals surface area (Å²) in [6.45, 7) is 1.97. The first kappa shape index (κ1) is 11.3. The number of rotatable bonds is 4. The Labute approximate surface area is 83.3 Å².